The number of anilines is 2. The highest BCUT2D eigenvalue weighted by Crippen LogP contribution is 2.17. The number of benzene rings is 1. The van der Waals surface area contributed by atoms with Crippen molar-refractivity contribution < 1.29 is 9.90 Å². The van der Waals surface area contributed by atoms with Crippen molar-refractivity contribution in [3.05, 3.63) is 52.8 Å². The summed E-state index contributed by atoms with van der Waals surface area (Å²) in [6, 6.07) is 8.65. The van der Waals surface area contributed by atoms with Crippen LogP contribution in [0.3, 0.4) is 0 Å². The molecule has 1 aromatic carbocycles. The second-order valence-electron chi connectivity index (χ2n) is 3.93. The summed E-state index contributed by atoms with van der Waals surface area (Å²) in [7, 11) is 0. The second-order valence-corrected chi connectivity index (χ2v) is 4.37. The molecule has 0 saturated carbocycles. The van der Waals surface area contributed by atoms with E-state index in [0.29, 0.717) is 22.9 Å². The number of nitrogens with zero attached hydrogens (tertiary/aromatic N) is 1. The number of nitrogens with one attached hydrogen (secondary N) is 1. The molecule has 0 radical (unpaired) electrons. The first kappa shape index (κ1) is 13.2. The molecule has 1 heterocycles. The van der Waals surface area contributed by atoms with Gasteiger partial charge in [-0.1, -0.05) is 17.7 Å². The number of hydrogen-bond donors (Lipinski definition) is 3. The van der Waals surface area contributed by atoms with Gasteiger partial charge in [-0.3, -0.25) is 4.98 Å². The molecule has 4 N–H and O–H groups in total. The third kappa shape index (κ3) is 3.35. The van der Waals surface area contributed by atoms with E-state index in [0.717, 1.165) is 5.69 Å². The normalized spacial score (nSPS) is 10.2. The molecule has 0 fully saturated rings. The van der Waals surface area contributed by atoms with Gasteiger partial charge < -0.3 is 16.2 Å². The van der Waals surface area contributed by atoms with Gasteiger partial charge >= 0.3 is 5.97 Å². The number of carboxylic acids is 1. The van der Waals surface area contributed by atoms with E-state index in [4.69, 9.17) is 22.4 Å². The Morgan fingerprint density at radius 2 is 2.21 bits per heavy atom. The number of nitrogen functional groups attached to an aromatic ring is 1. The minimum atomic E-state index is -1.05. The lowest BCUT2D eigenvalue weighted by Gasteiger charge is -2.08. The summed E-state index contributed by atoms with van der Waals surface area (Å²) in [5.74, 6) is -1.05. The zero-order valence-corrected chi connectivity index (χ0v) is 10.7. The molecule has 98 valence electrons. The van der Waals surface area contributed by atoms with Gasteiger partial charge in [-0.15, -0.1) is 0 Å². The second kappa shape index (κ2) is 5.58. The summed E-state index contributed by atoms with van der Waals surface area (Å²) in [6.07, 6.45) is 1.29. The van der Waals surface area contributed by atoms with E-state index in [1.54, 1.807) is 12.1 Å². The van der Waals surface area contributed by atoms with Gasteiger partial charge in [0.15, 0.2) is 0 Å². The van der Waals surface area contributed by atoms with Crippen LogP contribution in [0, 0.1) is 0 Å². The molecule has 0 aliphatic heterocycles. The van der Waals surface area contributed by atoms with Crippen LogP contribution in [-0.2, 0) is 6.54 Å². The molecule has 0 amide bonds. The number of pyridine rings is 1. The molecule has 6 heteroatoms. The smallest absolute Gasteiger partial charge is 0.337 e. The fourth-order valence-corrected chi connectivity index (χ4v) is 1.75. The predicted molar refractivity (Wildman–Crippen MR) is 74.4 cm³/mol. The van der Waals surface area contributed by atoms with Crippen molar-refractivity contribution in [1.29, 1.82) is 0 Å². The van der Waals surface area contributed by atoms with Crippen molar-refractivity contribution in [2.75, 3.05) is 11.1 Å². The van der Waals surface area contributed by atoms with Gasteiger partial charge in [0.05, 0.1) is 23.5 Å². The maximum atomic E-state index is 10.8. The van der Waals surface area contributed by atoms with Gasteiger partial charge in [0, 0.05) is 16.9 Å². The van der Waals surface area contributed by atoms with Gasteiger partial charge in [0.25, 0.3) is 0 Å². The van der Waals surface area contributed by atoms with Gasteiger partial charge in [-0.25, -0.2) is 4.79 Å². The molecule has 1 aromatic heterocycles. The predicted octanol–water partition coefficient (Wildman–Crippen LogP) is 2.63. The number of aromatic carboxylic acids is 1. The molecule has 2 rings (SSSR count). The number of carboxylic acid groups (broad SMARTS) is 1. The van der Waals surface area contributed by atoms with Crippen LogP contribution < -0.4 is 11.1 Å². The third-order valence-electron chi connectivity index (χ3n) is 2.54. The van der Waals surface area contributed by atoms with E-state index < -0.39 is 5.97 Å². The van der Waals surface area contributed by atoms with Crippen LogP contribution in [0.25, 0.3) is 0 Å². The highest BCUT2D eigenvalue weighted by atomic mass is 35.5. The molecular formula is C13H12ClN3O2. The monoisotopic (exact) mass is 277 g/mol. The average Bonchev–Trinajstić information content (AvgIpc) is 2.37. The maximum Gasteiger partial charge on any atom is 0.337 e. The standard InChI is InChI=1S/C13H12ClN3O2/c14-9-2-1-3-10(5-9)16-7-12-11(15)4-8(6-17-12)13(18)19/h1-6,16H,7,15H2,(H,18,19). The lowest BCUT2D eigenvalue weighted by Crippen LogP contribution is -2.07. The number of carbonyl (C=O) groups is 1. The van der Waals surface area contributed by atoms with Gasteiger partial charge in [-0.05, 0) is 24.3 Å². The number of nitrogens with two attached hydrogens (primary N) is 1. The van der Waals surface area contributed by atoms with Crippen molar-refractivity contribution >= 4 is 28.9 Å². The zero-order valence-electron chi connectivity index (χ0n) is 9.93. The Bertz CT molecular complexity index is 617. The van der Waals surface area contributed by atoms with Crippen LogP contribution in [-0.4, -0.2) is 16.1 Å². The molecule has 0 aliphatic carbocycles. The molecule has 5 nitrogen and oxygen atoms in total. The van der Waals surface area contributed by atoms with Crippen LogP contribution in [0.15, 0.2) is 36.5 Å². The molecule has 19 heavy (non-hydrogen) atoms. The van der Waals surface area contributed by atoms with E-state index in [1.807, 2.05) is 12.1 Å². The van der Waals surface area contributed by atoms with E-state index >= 15 is 0 Å². The first-order valence-corrected chi connectivity index (χ1v) is 5.91. The Kier molecular flexibility index (Phi) is 3.87. The first-order valence-electron chi connectivity index (χ1n) is 5.53. The largest absolute Gasteiger partial charge is 0.478 e. The number of halogens is 1. The summed E-state index contributed by atoms with van der Waals surface area (Å²) < 4.78 is 0. The highest BCUT2D eigenvalue weighted by molar-refractivity contribution is 6.30. The fourth-order valence-electron chi connectivity index (χ4n) is 1.56. The Balaban J connectivity index is 2.10. The minimum absolute atomic E-state index is 0.0732. The van der Waals surface area contributed by atoms with Crippen LogP contribution in [0.2, 0.25) is 5.02 Å². The van der Waals surface area contributed by atoms with Crippen molar-refractivity contribution in [2.24, 2.45) is 0 Å². The van der Waals surface area contributed by atoms with E-state index in [9.17, 15) is 4.79 Å². The maximum absolute atomic E-state index is 10.8. The van der Waals surface area contributed by atoms with Crippen molar-refractivity contribution in [3.63, 3.8) is 0 Å². The molecule has 0 spiro atoms. The summed E-state index contributed by atoms with van der Waals surface area (Å²) in [4.78, 5) is 14.8. The van der Waals surface area contributed by atoms with Crippen molar-refractivity contribution in [1.82, 2.24) is 4.98 Å². The first-order chi connectivity index (χ1) is 9.06. The summed E-state index contributed by atoms with van der Waals surface area (Å²) in [6.45, 7) is 0.395. The molecule has 0 saturated heterocycles. The molecule has 0 aliphatic rings. The van der Waals surface area contributed by atoms with Crippen LogP contribution in [0.1, 0.15) is 16.1 Å². The van der Waals surface area contributed by atoms with Gasteiger partial charge in [0.2, 0.25) is 0 Å². The van der Waals surface area contributed by atoms with E-state index in [1.165, 1.54) is 12.3 Å². The zero-order chi connectivity index (χ0) is 13.8. The van der Waals surface area contributed by atoms with Crippen LogP contribution in [0.4, 0.5) is 11.4 Å². The molecular weight excluding hydrogens is 266 g/mol. The Morgan fingerprint density at radius 1 is 1.42 bits per heavy atom. The average molecular weight is 278 g/mol. The highest BCUT2D eigenvalue weighted by Gasteiger charge is 2.07. The van der Waals surface area contributed by atoms with Crippen LogP contribution >= 0.6 is 11.6 Å². The molecule has 0 atom stereocenters. The topological polar surface area (TPSA) is 88.2 Å². The third-order valence-corrected chi connectivity index (χ3v) is 2.77. The van der Waals surface area contributed by atoms with E-state index in [-0.39, 0.29) is 5.56 Å². The summed E-state index contributed by atoms with van der Waals surface area (Å²) >= 11 is 5.87. The van der Waals surface area contributed by atoms with Gasteiger partial charge in [-0.2, -0.15) is 0 Å². The quantitative estimate of drug-likeness (QED) is 0.799. The summed E-state index contributed by atoms with van der Waals surface area (Å²) in [5, 5.41) is 12.6. The van der Waals surface area contributed by atoms with Crippen molar-refractivity contribution in [3.8, 4) is 0 Å². The SMILES string of the molecule is Nc1cc(C(=O)O)cnc1CNc1cccc(Cl)c1. The minimum Gasteiger partial charge on any atom is -0.478 e. The van der Waals surface area contributed by atoms with Gasteiger partial charge in [0.1, 0.15) is 0 Å². The van der Waals surface area contributed by atoms with E-state index in [2.05, 4.69) is 10.3 Å². The molecule has 2 aromatic rings. The Hall–Kier alpha value is -2.27. The van der Waals surface area contributed by atoms with Crippen LogP contribution in [0.5, 0.6) is 0 Å². The van der Waals surface area contributed by atoms with Crippen molar-refractivity contribution in [2.45, 2.75) is 6.54 Å². The molecule has 0 bridgehead atoms. The lowest BCUT2D eigenvalue weighted by atomic mass is 10.2. The number of rotatable bonds is 4. The molecule has 0 unspecified atom stereocenters. The lowest BCUT2D eigenvalue weighted by molar-refractivity contribution is 0.0696. The summed E-state index contributed by atoms with van der Waals surface area (Å²) in [5.41, 5.74) is 7.61. The number of aromatic nitrogens is 1. The Morgan fingerprint density at radius 3 is 2.84 bits per heavy atom. The number of hydrogen-bond acceptors (Lipinski definition) is 4. The fraction of sp³-hybridized carbons (Fsp3) is 0.0769. The Labute approximate surface area is 115 Å².